The lowest BCUT2D eigenvalue weighted by Crippen LogP contribution is -2.19. The molecule has 0 aromatic heterocycles. The van der Waals surface area contributed by atoms with E-state index in [0.717, 1.165) is 10.5 Å². The van der Waals surface area contributed by atoms with Crippen LogP contribution in [-0.2, 0) is 4.79 Å². The number of hydrogen-bond donors (Lipinski definition) is 1. The van der Waals surface area contributed by atoms with Gasteiger partial charge in [0.25, 0.3) is 0 Å². The van der Waals surface area contributed by atoms with Crippen molar-refractivity contribution in [3.05, 3.63) is 95.3 Å². The third-order valence-electron chi connectivity index (χ3n) is 3.53. The van der Waals surface area contributed by atoms with E-state index in [4.69, 9.17) is 11.6 Å². The number of carbonyl (C=O) groups excluding carboxylic acids is 1. The number of hydrogen-bond acceptors (Lipinski definition) is 2. The normalized spacial score (nSPS) is 11.8. The maximum atomic E-state index is 14.0. The molecule has 2 nitrogen and oxygen atoms in total. The molecule has 1 N–H and O–H groups in total. The molecular weight excluding hydrogens is 357 g/mol. The minimum atomic E-state index is -0.558. The standard InChI is InChI=1S/C20H15ClFNOS/c21-15-11-12-18(17(22)13-15)23-20(24)19(14-7-3-1-4-8-14)25-16-9-5-2-6-10-16/h1-13,19H,(H,23,24)/t19-/m0/s1. The Bertz CT molecular complexity index is 858. The Morgan fingerprint density at radius 1 is 0.960 bits per heavy atom. The molecular formula is C20H15ClFNOS. The van der Waals surface area contributed by atoms with Crippen molar-refractivity contribution in [3.8, 4) is 0 Å². The summed E-state index contributed by atoms with van der Waals surface area (Å²) in [5.74, 6) is -0.848. The van der Waals surface area contributed by atoms with Crippen LogP contribution in [0.5, 0.6) is 0 Å². The predicted molar refractivity (Wildman–Crippen MR) is 102 cm³/mol. The number of nitrogens with one attached hydrogen (secondary N) is 1. The zero-order valence-electron chi connectivity index (χ0n) is 13.2. The first-order valence-electron chi connectivity index (χ1n) is 7.66. The quantitative estimate of drug-likeness (QED) is 0.561. The van der Waals surface area contributed by atoms with Gasteiger partial charge in [-0.1, -0.05) is 60.1 Å². The molecule has 0 spiro atoms. The third-order valence-corrected chi connectivity index (χ3v) is 5.03. The van der Waals surface area contributed by atoms with Gasteiger partial charge in [0.2, 0.25) is 5.91 Å². The van der Waals surface area contributed by atoms with Crippen LogP contribution in [0, 0.1) is 5.82 Å². The van der Waals surface area contributed by atoms with E-state index >= 15 is 0 Å². The molecule has 0 aliphatic carbocycles. The number of carbonyl (C=O) groups is 1. The van der Waals surface area contributed by atoms with E-state index in [1.54, 1.807) is 6.07 Å². The van der Waals surface area contributed by atoms with E-state index in [2.05, 4.69) is 5.32 Å². The Hall–Kier alpha value is -2.30. The van der Waals surface area contributed by atoms with Gasteiger partial charge in [-0.2, -0.15) is 0 Å². The van der Waals surface area contributed by atoms with Crippen LogP contribution in [0.15, 0.2) is 83.8 Å². The van der Waals surface area contributed by atoms with Gasteiger partial charge in [0.15, 0.2) is 0 Å². The van der Waals surface area contributed by atoms with Crippen molar-refractivity contribution >= 4 is 35.0 Å². The van der Waals surface area contributed by atoms with Crippen LogP contribution in [0.4, 0.5) is 10.1 Å². The second-order valence-electron chi connectivity index (χ2n) is 5.34. The second kappa shape index (κ2) is 8.19. The summed E-state index contributed by atoms with van der Waals surface area (Å²) in [4.78, 5) is 13.8. The minimum absolute atomic E-state index is 0.115. The van der Waals surface area contributed by atoms with Crippen molar-refractivity contribution in [3.63, 3.8) is 0 Å². The highest BCUT2D eigenvalue weighted by molar-refractivity contribution is 8.00. The number of amides is 1. The fraction of sp³-hybridized carbons (Fsp3) is 0.0500. The zero-order chi connectivity index (χ0) is 17.6. The first kappa shape index (κ1) is 17.5. The van der Waals surface area contributed by atoms with E-state index < -0.39 is 11.1 Å². The van der Waals surface area contributed by atoms with Crippen molar-refractivity contribution in [1.29, 1.82) is 0 Å². The van der Waals surface area contributed by atoms with Gasteiger partial charge in [0.1, 0.15) is 11.1 Å². The first-order chi connectivity index (χ1) is 12.1. The lowest BCUT2D eigenvalue weighted by molar-refractivity contribution is -0.115. The van der Waals surface area contributed by atoms with Gasteiger partial charge in [-0.25, -0.2) is 4.39 Å². The van der Waals surface area contributed by atoms with Crippen LogP contribution in [0.25, 0.3) is 0 Å². The Labute approximate surface area is 155 Å². The molecule has 0 saturated carbocycles. The Morgan fingerprint density at radius 2 is 1.60 bits per heavy atom. The van der Waals surface area contributed by atoms with Crippen LogP contribution in [-0.4, -0.2) is 5.91 Å². The van der Waals surface area contributed by atoms with E-state index in [1.165, 1.54) is 23.9 Å². The molecule has 3 rings (SSSR count). The SMILES string of the molecule is O=C(Nc1ccc(Cl)cc1F)[C@@H](Sc1ccccc1)c1ccccc1. The largest absolute Gasteiger partial charge is 0.322 e. The predicted octanol–water partition coefficient (Wildman–Crippen LogP) is 5.95. The smallest absolute Gasteiger partial charge is 0.242 e. The Morgan fingerprint density at radius 3 is 2.24 bits per heavy atom. The molecule has 0 unspecified atom stereocenters. The van der Waals surface area contributed by atoms with Crippen molar-refractivity contribution in [2.75, 3.05) is 5.32 Å². The molecule has 3 aromatic rings. The highest BCUT2D eigenvalue weighted by Crippen LogP contribution is 2.36. The molecule has 0 fully saturated rings. The molecule has 0 bridgehead atoms. The summed E-state index contributed by atoms with van der Waals surface area (Å²) >= 11 is 7.18. The summed E-state index contributed by atoms with van der Waals surface area (Å²) in [6, 6.07) is 23.3. The molecule has 0 heterocycles. The summed E-state index contributed by atoms with van der Waals surface area (Å²) in [5.41, 5.74) is 0.965. The number of anilines is 1. The number of halogens is 2. The molecule has 0 aliphatic rings. The number of benzene rings is 3. The average Bonchev–Trinajstić information content (AvgIpc) is 2.63. The van der Waals surface area contributed by atoms with Gasteiger partial charge in [-0.15, -0.1) is 11.8 Å². The molecule has 1 amide bonds. The molecule has 25 heavy (non-hydrogen) atoms. The fourth-order valence-electron chi connectivity index (χ4n) is 2.33. The van der Waals surface area contributed by atoms with Gasteiger partial charge in [-0.05, 0) is 35.9 Å². The van der Waals surface area contributed by atoms with Crippen LogP contribution < -0.4 is 5.32 Å². The summed E-state index contributed by atoms with van der Waals surface area (Å²) in [5, 5.41) is 2.45. The van der Waals surface area contributed by atoms with Gasteiger partial charge >= 0.3 is 0 Å². The highest BCUT2D eigenvalue weighted by atomic mass is 35.5. The summed E-state index contributed by atoms with van der Waals surface area (Å²) in [7, 11) is 0. The Balaban J connectivity index is 1.87. The topological polar surface area (TPSA) is 29.1 Å². The van der Waals surface area contributed by atoms with Crippen LogP contribution in [0.2, 0.25) is 5.02 Å². The lowest BCUT2D eigenvalue weighted by atomic mass is 10.1. The maximum absolute atomic E-state index is 14.0. The van der Waals surface area contributed by atoms with E-state index in [9.17, 15) is 9.18 Å². The van der Waals surface area contributed by atoms with Crippen LogP contribution in [0.3, 0.4) is 0 Å². The summed E-state index contributed by atoms with van der Waals surface area (Å²) in [6.07, 6.45) is 0. The van der Waals surface area contributed by atoms with E-state index in [1.807, 2.05) is 60.7 Å². The second-order valence-corrected chi connectivity index (χ2v) is 6.95. The molecule has 0 aliphatic heterocycles. The van der Waals surface area contributed by atoms with Gasteiger partial charge in [0.05, 0.1) is 5.69 Å². The van der Waals surface area contributed by atoms with Crippen molar-refractivity contribution in [1.82, 2.24) is 0 Å². The third kappa shape index (κ3) is 4.62. The van der Waals surface area contributed by atoms with E-state index in [-0.39, 0.29) is 16.6 Å². The van der Waals surface area contributed by atoms with Crippen LogP contribution in [0.1, 0.15) is 10.8 Å². The molecule has 5 heteroatoms. The van der Waals surface area contributed by atoms with Crippen molar-refractivity contribution in [2.24, 2.45) is 0 Å². The average molecular weight is 372 g/mol. The molecule has 0 radical (unpaired) electrons. The maximum Gasteiger partial charge on any atom is 0.242 e. The van der Waals surface area contributed by atoms with Gasteiger partial charge in [0, 0.05) is 9.92 Å². The van der Waals surface area contributed by atoms with Crippen molar-refractivity contribution in [2.45, 2.75) is 10.1 Å². The number of rotatable bonds is 5. The van der Waals surface area contributed by atoms with E-state index in [0.29, 0.717) is 0 Å². The molecule has 126 valence electrons. The molecule has 0 saturated heterocycles. The highest BCUT2D eigenvalue weighted by Gasteiger charge is 2.23. The zero-order valence-corrected chi connectivity index (χ0v) is 14.7. The van der Waals surface area contributed by atoms with Gasteiger partial charge in [-0.3, -0.25) is 4.79 Å². The van der Waals surface area contributed by atoms with Crippen LogP contribution >= 0.6 is 23.4 Å². The fourth-order valence-corrected chi connectivity index (χ4v) is 3.53. The monoisotopic (exact) mass is 371 g/mol. The molecule has 3 aromatic carbocycles. The van der Waals surface area contributed by atoms with Crippen molar-refractivity contribution < 1.29 is 9.18 Å². The molecule has 1 atom stereocenters. The van der Waals surface area contributed by atoms with Gasteiger partial charge < -0.3 is 5.32 Å². The minimum Gasteiger partial charge on any atom is -0.322 e. The summed E-state index contributed by atoms with van der Waals surface area (Å²) in [6.45, 7) is 0. The Kier molecular flexibility index (Phi) is 5.74. The summed E-state index contributed by atoms with van der Waals surface area (Å²) < 4.78 is 14.0. The lowest BCUT2D eigenvalue weighted by Gasteiger charge is -2.17. The number of thioether (sulfide) groups is 1. The first-order valence-corrected chi connectivity index (χ1v) is 8.92.